The summed E-state index contributed by atoms with van der Waals surface area (Å²) in [6.45, 7) is 5.40. The van der Waals surface area contributed by atoms with Gasteiger partial charge in [-0.1, -0.05) is 13.8 Å². The number of ether oxygens (including phenoxy) is 1. The molecule has 0 aliphatic carbocycles. The Kier molecular flexibility index (Phi) is 1.99. The van der Waals surface area contributed by atoms with Crippen molar-refractivity contribution in [2.45, 2.75) is 20.1 Å². The van der Waals surface area contributed by atoms with Crippen LogP contribution in [-0.4, -0.2) is 36.6 Å². The predicted molar refractivity (Wildman–Crippen MR) is 38.4 cm³/mol. The summed E-state index contributed by atoms with van der Waals surface area (Å²) in [5, 5.41) is 9.31. The molecule has 1 fully saturated rings. The third-order valence-electron chi connectivity index (χ3n) is 1.80. The standard InChI is InChI=1S/C7H15NO2/c1-7(2)4-8(3)5-10-6(7)9/h6,9H,4-5H2,1-3H3. The zero-order valence-corrected chi connectivity index (χ0v) is 6.79. The SMILES string of the molecule is CN1COC(O)C(C)(C)C1. The average Bonchev–Trinajstić information content (AvgIpc) is 1.78. The summed E-state index contributed by atoms with van der Waals surface area (Å²) < 4.78 is 5.09. The van der Waals surface area contributed by atoms with E-state index < -0.39 is 6.29 Å². The molecule has 0 bridgehead atoms. The number of hydrogen-bond donors (Lipinski definition) is 1. The maximum absolute atomic E-state index is 9.31. The van der Waals surface area contributed by atoms with Crippen LogP contribution in [0.2, 0.25) is 0 Å². The Morgan fingerprint density at radius 2 is 2.20 bits per heavy atom. The van der Waals surface area contributed by atoms with Gasteiger partial charge in [0.25, 0.3) is 0 Å². The Hall–Kier alpha value is -0.120. The highest BCUT2D eigenvalue weighted by Crippen LogP contribution is 2.26. The lowest BCUT2D eigenvalue weighted by molar-refractivity contribution is -0.225. The van der Waals surface area contributed by atoms with Gasteiger partial charge in [0.15, 0.2) is 6.29 Å². The van der Waals surface area contributed by atoms with Crippen molar-refractivity contribution in [2.75, 3.05) is 20.3 Å². The molecule has 0 aromatic carbocycles. The Morgan fingerprint density at radius 1 is 1.60 bits per heavy atom. The molecule has 1 aliphatic rings. The Bertz CT molecular complexity index is 125. The largest absolute Gasteiger partial charge is 0.367 e. The minimum absolute atomic E-state index is 0.132. The van der Waals surface area contributed by atoms with Gasteiger partial charge in [-0.3, -0.25) is 4.90 Å². The van der Waals surface area contributed by atoms with Gasteiger partial charge in [0, 0.05) is 12.0 Å². The van der Waals surface area contributed by atoms with Crippen molar-refractivity contribution >= 4 is 0 Å². The van der Waals surface area contributed by atoms with Gasteiger partial charge in [0.1, 0.15) is 6.73 Å². The van der Waals surface area contributed by atoms with Crippen molar-refractivity contribution in [3.63, 3.8) is 0 Å². The summed E-state index contributed by atoms with van der Waals surface area (Å²) >= 11 is 0. The maximum atomic E-state index is 9.31. The molecule has 1 heterocycles. The number of hydrogen-bond acceptors (Lipinski definition) is 3. The normalized spacial score (nSPS) is 34.2. The average molecular weight is 145 g/mol. The van der Waals surface area contributed by atoms with E-state index in [1.807, 2.05) is 25.8 Å². The van der Waals surface area contributed by atoms with E-state index >= 15 is 0 Å². The molecule has 10 heavy (non-hydrogen) atoms. The van der Waals surface area contributed by atoms with Crippen LogP contribution in [0.25, 0.3) is 0 Å². The van der Waals surface area contributed by atoms with Gasteiger partial charge in [-0.2, -0.15) is 0 Å². The summed E-state index contributed by atoms with van der Waals surface area (Å²) in [6, 6.07) is 0. The fraction of sp³-hybridized carbons (Fsp3) is 1.00. The molecule has 60 valence electrons. The molecule has 1 atom stereocenters. The molecule has 1 aliphatic heterocycles. The molecule has 1 N–H and O–H groups in total. The van der Waals surface area contributed by atoms with Gasteiger partial charge < -0.3 is 9.84 Å². The van der Waals surface area contributed by atoms with Crippen LogP contribution in [0.5, 0.6) is 0 Å². The van der Waals surface area contributed by atoms with Gasteiger partial charge in [0.2, 0.25) is 0 Å². The number of aliphatic hydroxyl groups excluding tert-OH is 1. The third kappa shape index (κ3) is 1.48. The van der Waals surface area contributed by atoms with E-state index in [4.69, 9.17) is 4.74 Å². The molecule has 0 aromatic rings. The van der Waals surface area contributed by atoms with Gasteiger partial charge in [-0.15, -0.1) is 0 Å². The molecule has 0 amide bonds. The zero-order chi connectivity index (χ0) is 7.78. The van der Waals surface area contributed by atoms with E-state index in [0.717, 1.165) is 6.54 Å². The van der Waals surface area contributed by atoms with E-state index in [1.165, 1.54) is 0 Å². The molecule has 1 unspecified atom stereocenters. The fourth-order valence-corrected chi connectivity index (χ4v) is 1.24. The maximum Gasteiger partial charge on any atom is 0.162 e. The molecular weight excluding hydrogens is 130 g/mol. The zero-order valence-electron chi connectivity index (χ0n) is 6.79. The minimum Gasteiger partial charge on any atom is -0.367 e. The Labute approximate surface area is 61.6 Å². The van der Waals surface area contributed by atoms with E-state index in [2.05, 4.69) is 0 Å². The monoisotopic (exact) mass is 145 g/mol. The van der Waals surface area contributed by atoms with Crippen LogP contribution in [0.4, 0.5) is 0 Å². The highest BCUT2D eigenvalue weighted by molar-refractivity contribution is 4.77. The molecule has 0 saturated carbocycles. The first-order valence-corrected chi connectivity index (χ1v) is 3.50. The minimum atomic E-state index is -0.608. The third-order valence-corrected chi connectivity index (χ3v) is 1.80. The van der Waals surface area contributed by atoms with Crippen LogP contribution >= 0.6 is 0 Å². The number of aliphatic hydroxyl groups is 1. The molecule has 0 spiro atoms. The van der Waals surface area contributed by atoms with Crippen molar-refractivity contribution in [3.05, 3.63) is 0 Å². The molecule has 0 aromatic heterocycles. The lowest BCUT2D eigenvalue weighted by Gasteiger charge is -2.39. The van der Waals surface area contributed by atoms with Crippen LogP contribution in [0.1, 0.15) is 13.8 Å². The summed E-state index contributed by atoms with van der Waals surface area (Å²) in [6.07, 6.45) is -0.608. The molecule has 0 radical (unpaired) electrons. The van der Waals surface area contributed by atoms with Crippen LogP contribution < -0.4 is 0 Å². The molecular formula is C7H15NO2. The highest BCUT2D eigenvalue weighted by Gasteiger charge is 2.33. The second kappa shape index (κ2) is 2.49. The van der Waals surface area contributed by atoms with Crippen molar-refractivity contribution in [1.29, 1.82) is 0 Å². The summed E-state index contributed by atoms with van der Waals surface area (Å²) in [5.74, 6) is 0. The Balaban J connectivity index is 2.55. The quantitative estimate of drug-likeness (QED) is 0.530. The topological polar surface area (TPSA) is 32.7 Å². The predicted octanol–water partition coefficient (Wildman–Crippen LogP) is 0.250. The van der Waals surface area contributed by atoms with Gasteiger partial charge in [-0.25, -0.2) is 0 Å². The van der Waals surface area contributed by atoms with Crippen LogP contribution in [-0.2, 0) is 4.74 Å². The first-order chi connectivity index (χ1) is 4.52. The molecule has 1 saturated heterocycles. The lowest BCUT2D eigenvalue weighted by atomic mass is 9.91. The Morgan fingerprint density at radius 3 is 2.60 bits per heavy atom. The molecule has 1 rings (SSSR count). The van der Waals surface area contributed by atoms with E-state index in [-0.39, 0.29) is 5.41 Å². The van der Waals surface area contributed by atoms with Gasteiger partial charge in [-0.05, 0) is 7.05 Å². The smallest absolute Gasteiger partial charge is 0.162 e. The lowest BCUT2D eigenvalue weighted by Crippen LogP contribution is -2.48. The van der Waals surface area contributed by atoms with E-state index in [1.54, 1.807) is 0 Å². The van der Waals surface area contributed by atoms with E-state index in [0.29, 0.717) is 6.73 Å². The van der Waals surface area contributed by atoms with Gasteiger partial charge in [0.05, 0.1) is 0 Å². The van der Waals surface area contributed by atoms with Crippen molar-refractivity contribution < 1.29 is 9.84 Å². The van der Waals surface area contributed by atoms with Crippen molar-refractivity contribution in [1.82, 2.24) is 4.90 Å². The van der Waals surface area contributed by atoms with Crippen LogP contribution in [0, 0.1) is 5.41 Å². The first-order valence-electron chi connectivity index (χ1n) is 3.50. The van der Waals surface area contributed by atoms with Gasteiger partial charge >= 0.3 is 0 Å². The first kappa shape index (κ1) is 7.98. The van der Waals surface area contributed by atoms with Crippen molar-refractivity contribution in [2.24, 2.45) is 5.41 Å². The molecule has 3 nitrogen and oxygen atoms in total. The second-order valence-electron chi connectivity index (χ2n) is 3.65. The fourth-order valence-electron chi connectivity index (χ4n) is 1.24. The number of rotatable bonds is 0. The summed E-state index contributed by atoms with van der Waals surface area (Å²) in [5.41, 5.74) is -0.132. The number of nitrogens with zero attached hydrogens (tertiary/aromatic N) is 1. The second-order valence-corrected chi connectivity index (χ2v) is 3.65. The van der Waals surface area contributed by atoms with Crippen LogP contribution in [0.3, 0.4) is 0 Å². The summed E-state index contributed by atoms with van der Waals surface area (Å²) in [7, 11) is 1.98. The van der Waals surface area contributed by atoms with E-state index in [9.17, 15) is 5.11 Å². The van der Waals surface area contributed by atoms with Crippen molar-refractivity contribution in [3.8, 4) is 0 Å². The summed E-state index contributed by atoms with van der Waals surface area (Å²) in [4.78, 5) is 2.05. The highest BCUT2D eigenvalue weighted by atomic mass is 16.6. The van der Waals surface area contributed by atoms with Crippen LogP contribution in [0.15, 0.2) is 0 Å². The molecule has 3 heteroatoms.